The molecular weight excluding hydrogens is 275 g/mol. The molecule has 0 aliphatic heterocycles. The summed E-state index contributed by atoms with van der Waals surface area (Å²) in [5.74, 6) is 0. The van der Waals surface area contributed by atoms with Crippen molar-refractivity contribution in [3.63, 3.8) is 0 Å². The van der Waals surface area contributed by atoms with E-state index >= 15 is 0 Å². The molecule has 0 unspecified atom stereocenters. The maximum Gasteiger partial charge on any atom is 0.138 e. The topological polar surface area (TPSA) is 0 Å². The van der Waals surface area contributed by atoms with Crippen LogP contribution < -0.4 is 0 Å². The van der Waals surface area contributed by atoms with E-state index in [0.29, 0.717) is 0 Å². The van der Waals surface area contributed by atoms with Crippen LogP contribution in [0.1, 0.15) is 25.0 Å². The van der Waals surface area contributed by atoms with Gasteiger partial charge in [-0.3, -0.25) is 0 Å². The fraction of sp³-hybridized carbons (Fsp3) is 0.294. The second-order valence-electron chi connectivity index (χ2n) is 5.56. The molecule has 98 valence electrons. The average Bonchev–Trinajstić information content (AvgIpc) is 2.82. The highest BCUT2D eigenvalue weighted by molar-refractivity contribution is 6.54. The molecule has 3 rings (SSSR count). The van der Waals surface area contributed by atoms with E-state index in [1.807, 2.05) is 36.4 Å². The summed E-state index contributed by atoms with van der Waals surface area (Å²) >= 11 is 13.4. The lowest BCUT2D eigenvalue weighted by molar-refractivity contribution is 0.620. The minimum atomic E-state index is -0.789. The fourth-order valence-electron chi connectivity index (χ4n) is 3.28. The Bertz CT molecular complexity index is 538. The Morgan fingerprint density at radius 1 is 0.632 bits per heavy atom. The van der Waals surface area contributed by atoms with Crippen molar-refractivity contribution in [1.82, 2.24) is 0 Å². The Kier molecular flexibility index (Phi) is 2.75. The van der Waals surface area contributed by atoms with Gasteiger partial charge in [-0.05, 0) is 11.1 Å². The minimum Gasteiger partial charge on any atom is -0.0996 e. The summed E-state index contributed by atoms with van der Waals surface area (Å²) in [6.45, 7) is 4.30. The Balaban J connectivity index is 2.15. The lowest BCUT2D eigenvalue weighted by Gasteiger charge is -2.18. The van der Waals surface area contributed by atoms with Crippen molar-refractivity contribution in [3.05, 3.63) is 71.8 Å². The molecule has 1 saturated carbocycles. The van der Waals surface area contributed by atoms with Crippen molar-refractivity contribution in [3.8, 4) is 0 Å². The fourth-order valence-corrected chi connectivity index (χ4v) is 4.38. The number of benzene rings is 2. The summed E-state index contributed by atoms with van der Waals surface area (Å²) < 4.78 is -0.789. The molecule has 2 aromatic rings. The highest BCUT2D eigenvalue weighted by atomic mass is 35.5. The number of alkyl halides is 2. The number of hydrogen-bond donors (Lipinski definition) is 0. The molecule has 0 heterocycles. The number of rotatable bonds is 2. The van der Waals surface area contributed by atoms with Gasteiger partial charge in [-0.2, -0.15) is 0 Å². The molecule has 1 aliphatic rings. The van der Waals surface area contributed by atoms with Gasteiger partial charge in [-0.15, -0.1) is 0 Å². The van der Waals surface area contributed by atoms with Crippen LogP contribution >= 0.6 is 23.2 Å². The van der Waals surface area contributed by atoms with Crippen LogP contribution in [0.4, 0.5) is 0 Å². The molecule has 0 spiro atoms. The second-order valence-corrected chi connectivity index (χ2v) is 6.88. The maximum absolute atomic E-state index is 6.69. The first-order valence-electron chi connectivity index (χ1n) is 6.45. The monoisotopic (exact) mass is 290 g/mol. The predicted octanol–water partition coefficient (Wildman–Crippen LogP) is 5.09. The molecule has 1 fully saturated rings. The van der Waals surface area contributed by atoms with E-state index in [4.69, 9.17) is 23.2 Å². The van der Waals surface area contributed by atoms with Gasteiger partial charge in [-0.1, -0.05) is 97.7 Å². The van der Waals surface area contributed by atoms with Crippen molar-refractivity contribution < 1.29 is 0 Å². The lowest BCUT2D eigenvalue weighted by Crippen LogP contribution is -2.15. The Hall–Kier alpha value is -0.980. The molecule has 2 atom stereocenters. The third kappa shape index (κ3) is 1.42. The summed E-state index contributed by atoms with van der Waals surface area (Å²) in [4.78, 5) is 0. The van der Waals surface area contributed by atoms with Crippen LogP contribution in [0.15, 0.2) is 60.7 Å². The molecule has 0 amide bonds. The Morgan fingerprint density at radius 2 is 0.947 bits per heavy atom. The lowest BCUT2D eigenvalue weighted by atomic mass is 9.84. The zero-order valence-electron chi connectivity index (χ0n) is 11.0. The van der Waals surface area contributed by atoms with Gasteiger partial charge in [0, 0.05) is 10.8 Å². The van der Waals surface area contributed by atoms with E-state index in [1.54, 1.807) is 0 Å². The van der Waals surface area contributed by atoms with Crippen LogP contribution in [0.5, 0.6) is 0 Å². The highest BCUT2D eigenvalue weighted by Crippen LogP contribution is 2.77. The summed E-state index contributed by atoms with van der Waals surface area (Å²) in [6.07, 6.45) is 0. The van der Waals surface area contributed by atoms with Crippen molar-refractivity contribution >= 4 is 23.2 Å². The third-order valence-corrected chi connectivity index (χ3v) is 6.41. The Morgan fingerprint density at radius 3 is 1.26 bits per heavy atom. The third-order valence-electron chi connectivity index (χ3n) is 4.90. The Labute approximate surface area is 124 Å². The van der Waals surface area contributed by atoms with Crippen molar-refractivity contribution in [2.45, 2.75) is 29.0 Å². The predicted molar refractivity (Wildman–Crippen MR) is 82.0 cm³/mol. The van der Waals surface area contributed by atoms with E-state index < -0.39 is 4.33 Å². The molecule has 0 saturated heterocycles. The van der Waals surface area contributed by atoms with Gasteiger partial charge in [0.25, 0.3) is 0 Å². The first-order valence-corrected chi connectivity index (χ1v) is 7.21. The first-order chi connectivity index (χ1) is 8.96. The molecule has 19 heavy (non-hydrogen) atoms. The minimum absolute atomic E-state index is 0.272. The standard InChI is InChI=1S/C17H16Cl2/c1-15(13-9-5-3-6-10-13)16(2,17(15,18)19)14-11-7-4-8-12-14/h3-12H,1-2H3/t15-,16-/m0/s1. The normalized spacial score (nSPS) is 32.0. The first kappa shape index (κ1) is 13.0. The molecule has 0 aromatic heterocycles. The number of hydrogen-bond acceptors (Lipinski definition) is 0. The summed E-state index contributed by atoms with van der Waals surface area (Å²) in [5.41, 5.74) is 1.83. The zero-order chi connectivity index (χ0) is 13.7. The molecule has 1 aliphatic carbocycles. The van der Waals surface area contributed by atoms with E-state index in [1.165, 1.54) is 11.1 Å². The maximum atomic E-state index is 6.69. The van der Waals surface area contributed by atoms with Gasteiger partial charge in [0.05, 0.1) is 0 Å². The van der Waals surface area contributed by atoms with E-state index in [9.17, 15) is 0 Å². The van der Waals surface area contributed by atoms with Crippen molar-refractivity contribution in [1.29, 1.82) is 0 Å². The van der Waals surface area contributed by atoms with Crippen LogP contribution in [0.25, 0.3) is 0 Å². The average molecular weight is 291 g/mol. The molecule has 2 aromatic carbocycles. The molecule has 0 N–H and O–H groups in total. The summed E-state index contributed by atoms with van der Waals surface area (Å²) in [6, 6.07) is 20.6. The number of halogens is 2. The second kappa shape index (κ2) is 4.01. The molecule has 2 heteroatoms. The van der Waals surface area contributed by atoms with Crippen LogP contribution in [-0.4, -0.2) is 4.33 Å². The highest BCUT2D eigenvalue weighted by Gasteiger charge is 2.82. The largest absolute Gasteiger partial charge is 0.138 e. The summed E-state index contributed by atoms with van der Waals surface area (Å²) in [5, 5.41) is 0. The smallest absolute Gasteiger partial charge is 0.0996 e. The molecular formula is C17H16Cl2. The van der Waals surface area contributed by atoms with Gasteiger partial charge >= 0.3 is 0 Å². The van der Waals surface area contributed by atoms with Crippen LogP contribution in [-0.2, 0) is 10.8 Å². The zero-order valence-corrected chi connectivity index (χ0v) is 12.5. The van der Waals surface area contributed by atoms with Crippen molar-refractivity contribution in [2.75, 3.05) is 0 Å². The summed E-state index contributed by atoms with van der Waals surface area (Å²) in [7, 11) is 0. The van der Waals surface area contributed by atoms with Gasteiger partial charge in [-0.25, -0.2) is 0 Å². The molecule has 0 bridgehead atoms. The van der Waals surface area contributed by atoms with Crippen LogP contribution in [0, 0.1) is 0 Å². The van der Waals surface area contributed by atoms with Crippen molar-refractivity contribution in [2.24, 2.45) is 0 Å². The van der Waals surface area contributed by atoms with Gasteiger partial charge < -0.3 is 0 Å². The van der Waals surface area contributed by atoms with E-state index in [2.05, 4.69) is 38.1 Å². The SMILES string of the molecule is C[C@@]1(c2ccccc2)C(Cl)(Cl)[C@@]1(C)c1ccccc1. The van der Waals surface area contributed by atoms with Gasteiger partial charge in [0.15, 0.2) is 0 Å². The van der Waals surface area contributed by atoms with E-state index in [-0.39, 0.29) is 10.8 Å². The van der Waals surface area contributed by atoms with E-state index in [0.717, 1.165) is 0 Å². The van der Waals surface area contributed by atoms with Crippen LogP contribution in [0.3, 0.4) is 0 Å². The van der Waals surface area contributed by atoms with Gasteiger partial charge in [0.1, 0.15) is 4.33 Å². The van der Waals surface area contributed by atoms with Crippen LogP contribution in [0.2, 0.25) is 0 Å². The molecule has 0 radical (unpaired) electrons. The quantitative estimate of drug-likeness (QED) is 0.676. The molecule has 0 nitrogen and oxygen atoms in total. The van der Waals surface area contributed by atoms with Gasteiger partial charge in [0.2, 0.25) is 0 Å².